The Kier molecular flexibility index (Phi) is 6.27. The number of rotatable bonds is 6. The molecule has 6 nitrogen and oxygen atoms in total. The second kappa shape index (κ2) is 6.68. The average Bonchev–Trinajstić information content (AvgIpc) is 1.98. The van der Waals surface area contributed by atoms with Gasteiger partial charge in [-0.15, -0.1) is 0 Å². The van der Waals surface area contributed by atoms with Gasteiger partial charge in [-0.25, -0.2) is 0 Å². The molecule has 0 fully saturated rings. The molecule has 0 unspecified atom stereocenters. The van der Waals surface area contributed by atoms with E-state index in [-0.39, 0.29) is 23.9 Å². The number of hydrogen-bond acceptors (Lipinski definition) is 4. The SMILES string of the molecule is O=C(O)[CH2][Ni]([CH2]C(=O)O)=[N]CCO. The molecule has 80 valence electrons. The zero-order valence-electron chi connectivity index (χ0n) is 6.75. The molecule has 0 aliphatic carbocycles. The first-order chi connectivity index (χ1) is 6.06. The number of carboxylic acids is 2. The van der Waals surface area contributed by atoms with Gasteiger partial charge in [0.15, 0.2) is 0 Å². The van der Waals surface area contributed by atoms with Crippen LogP contribution in [-0.2, 0) is 22.8 Å². The van der Waals surface area contributed by atoms with Gasteiger partial charge < -0.3 is 0 Å². The summed E-state index contributed by atoms with van der Waals surface area (Å²) in [7, 11) is 0. The molecule has 13 heavy (non-hydrogen) atoms. The second-order valence-corrected chi connectivity index (χ2v) is 4.05. The molecule has 0 aliphatic rings. The minimum atomic E-state index is -1.15. The van der Waals surface area contributed by atoms with E-state index in [1.165, 1.54) is 0 Å². The Balaban J connectivity index is 4.17. The molecule has 0 saturated carbocycles. The third kappa shape index (κ3) is 7.55. The van der Waals surface area contributed by atoms with E-state index < -0.39 is 25.2 Å². The molecule has 0 bridgehead atoms. The van der Waals surface area contributed by atoms with Crippen molar-refractivity contribution >= 4 is 11.9 Å². The molecule has 0 aromatic carbocycles. The van der Waals surface area contributed by atoms with Gasteiger partial charge in [-0.2, -0.15) is 0 Å². The summed E-state index contributed by atoms with van der Waals surface area (Å²) in [6.07, 6.45) is 0. The molecule has 3 N–H and O–H groups in total. The van der Waals surface area contributed by atoms with E-state index >= 15 is 0 Å². The fourth-order valence-electron chi connectivity index (χ4n) is 0.463. The third-order valence-corrected chi connectivity index (χ3v) is 2.83. The van der Waals surface area contributed by atoms with Gasteiger partial charge in [-0.3, -0.25) is 0 Å². The van der Waals surface area contributed by atoms with E-state index in [1.807, 2.05) is 0 Å². The summed E-state index contributed by atoms with van der Waals surface area (Å²) in [5.74, 6) is -2.14. The molecule has 0 aromatic rings. The van der Waals surface area contributed by atoms with Crippen LogP contribution in [0.2, 0.25) is 10.8 Å². The van der Waals surface area contributed by atoms with Crippen molar-refractivity contribution < 1.29 is 38.1 Å². The van der Waals surface area contributed by atoms with Crippen LogP contribution in [-0.4, -0.2) is 40.4 Å². The Morgan fingerprint density at radius 2 is 1.62 bits per heavy atom. The van der Waals surface area contributed by atoms with Gasteiger partial charge in [0.1, 0.15) is 0 Å². The van der Waals surface area contributed by atoms with E-state index in [0.717, 1.165) is 0 Å². The van der Waals surface area contributed by atoms with Gasteiger partial charge in [0.2, 0.25) is 0 Å². The van der Waals surface area contributed by atoms with Crippen LogP contribution >= 0.6 is 0 Å². The van der Waals surface area contributed by atoms with Gasteiger partial charge in [0.05, 0.1) is 0 Å². The van der Waals surface area contributed by atoms with Crippen LogP contribution in [0.3, 0.4) is 0 Å². The van der Waals surface area contributed by atoms with Crippen LogP contribution in [0.4, 0.5) is 0 Å². The number of aliphatic hydroxyl groups excluding tert-OH is 1. The summed E-state index contributed by atoms with van der Waals surface area (Å²) in [6.45, 7) is -0.0951. The molecule has 7 heteroatoms. The predicted octanol–water partition coefficient (Wildman–Crippen LogP) is -0.214. The number of aliphatic carboxylic acids is 2. The zero-order valence-corrected chi connectivity index (χ0v) is 7.74. The first-order valence-electron chi connectivity index (χ1n) is 3.28. The quantitative estimate of drug-likeness (QED) is 0.552. The zero-order chi connectivity index (χ0) is 10.3. The van der Waals surface area contributed by atoms with Crippen molar-refractivity contribution in [3.05, 3.63) is 0 Å². The Bertz CT molecular complexity index is 209. The molecule has 0 radical (unpaired) electrons. The Morgan fingerprint density at radius 1 is 1.15 bits per heavy atom. The number of carboxylic acid groups (broad SMARTS) is 2. The fraction of sp³-hybridized carbons (Fsp3) is 0.667. The van der Waals surface area contributed by atoms with Crippen molar-refractivity contribution in [2.45, 2.75) is 10.8 Å². The Hall–Kier alpha value is -0.806. The van der Waals surface area contributed by atoms with Crippen molar-refractivity contribution in [3.8, 4) is 0 Å². The number of hydrogen-bond donors (Lipinski definition) is 3. The Morgan fingerprint density at radius 3 is 1.92 bits per heavy atom. The van der Waals surface area contributed by atoms with E-state index in [2.05, 4.69) is 4.03 Å². The minimum absolute atomic E-state index is 0.0931. The van der Waals surface area contributed by atoms with Crippen molar-refractivity contribution in [2.75, 3.05) is 13.2 Å². The summed E-state index contributed by atoms with van der Waals surface area (Å²) in [6, 6.07) is 0. The summed E-state index contributed by atoms with van der Waals surface area (Å²) in [5, 5.41) is 24.6. The third-order valence-electron chi connectivity index (χ3n) is 0.762. The van der Waals surface area contributed by atoms with Crippen LogP contribution in [0.1, 0.15) is 0 Å². The molecule has 0 saturated heterocycles. The predicted molar refractivity (Wildman–Crippen MR) is 39.3 cm³/mol. The molecule has 0 rings (SSSR count). The van der Waals surface area contributed by atoms with E-state index in [4.69, 9.17) is 15.3 Å². The monoisotopic (exact) mass is 235 g/mol. The van der Waals surface area contributed by atoms with Gasteiger partial charge in [-0.1, -0.05) is 0 Å². The summed E-state index contributed by atoms with van der Waals surface area (Å²) >= 11 is -1.15. The summed E-state index contributed by atoms with van der Waals surface area (Å²) in [5.41, 5.74) is 0. The molecule has 0 aliphatic heterocycles. The van der Waals surface area contributed by atoms with Crippen molar-refractivity contribution in [1.29, 1.82) is 0 Å². The molecular formula is C6H11NNiO5. The normalized spacial score (nSPS) is 10.7. The molecule has 0 heterocycles. The summed E-state index contributed by atoms with van der Waals surface area (Å²) in [4.78, 5) is 20.5. The Labute approximate surface area is 78.6 Å². The van der Waals surface area contributed by atoms with Gasteiger partial charge in [-0.05, 0) is 0 Å². The topological polar surface area (TPSA) is 107 Å². The van der Waals surface area contributed by atoms with Crippen LogP contribution in [0.25, 0.3) is 0 Å². The number of aliphatic hydroxyl groups is 1. The first-order valence-corrected chi connectivity index (χ1v) is 5.12. The van der Waals surface area contributed by atoms with E-state index in [1.54, 1.807) is 0 Å². The molecule has 0 amide bonds. The van der Waals surface area contributed by atoms with Crippen LogP contribution in [0.5, 0.6) is 0 Å². The number of nitrogens with zero attached hydrogens (tertiary/aromatic N) is 1. The van der Waals surface area contributed by atoms with E-state index in [9.17, 15) is 9.59 Å². The van der Waals surface area contributed by atoms with Crippen LogP contribution in [0, 0.1) is 0 Å². The second-order valence-electron chi connectivity index (χ2n) is 1.92. The first kappa shape index (κ1) is 12.2. The molecule has 0 spiro atoms. The van der Waals surface area contributed by atoms with Crippen molar-refractivity contribution in [2.24, 2.45) is 4.03 Å². The molecule has 0 aromatic heterocycles. The van der Waals surface area contributed by atoms with Crippen LogP contribution < -0.4 is 0 Å². The van der Waals surface area contributed by atoms with Crippen LogP contribution in [0.15, 0.2) is 4.03 Å². The fourth-order valence-corrected chi connectivity index (χ4v) is 1.91. The van der Waals surface area contributed by atoms with Crippen molar-refractivity contribution in [3.63, 3.8) is 0 Å². The maximum atomic E-state index is 10.2. The number of carbonyl (C=O) groups is 2. The van der Waals surface area contributed by atoms with Gasteiger partial charge in [0.25, 0.3) is 0 Å². The van der Waals surface area contributed by atoms with Gasteiger partial charge >= 0.3 is 78.0 Å². The molecule has 0 atom stereocenters. The van der Waals surface area contributed by atoms with Gasteiger partial charge in [0, 0.05) is 0 Å². The standard InChI is InChI=1S/C2H5NO.2C2H3O2.Ni/c3-1-2-4;2*1-2(3)4;/h4H,1-2H2;2*1H2,(H,3,4);. The molecular weight excluding hydrogens is 225 g/mol. The maximum absolute atomic E-state index is 10.2. The summed E-state index contributed by atoms with van der Waals surface area (Å²) < 4.78 is 3.75. The average molecular weight is 236 g/mol. The van der Waals surface area contributed by atoms with Crippen molar-refractivity contribution in [1.82, 2.24) is 0 Å². The van der Waals surface area contributed by atoms with E-state index in [0.29, 0.717) is 0 Å².